The van der Waals surface area contributed by atoms with Gasteiger partial charge in [-0.2, -0.15) is 15.6 Å². The Morgan fingerprint density at radius 1 is 0.948 bits per heavy atom. The number of aromatic nitrogens is 3. The fraction of sp³-hybridized carbons (Fsp3) is 0.667. The average molecular weight is 843 g/mol. The van der Waals surface area contributed by atoms with Gasteiger partial charge in [-0.3, -0.25) is 9.05 Å². The van der Waals surface area contributed by atoms with Gasteiger partial charge in [-0.1, -0.05) is 115 Å². The molecule has 0 saturated carbocycles. The number of anilines is 1. The predicted molar refractivity (Wildman–Crippen MR) is 219 cm³/mol. The number of phosphoric ester groups is 1. The van der Waals surface area contributed by atoms with Crippen LogP contribution in [-0.2, 0) is 39.2 Å². The van der Waals surface area contributed by atoms with Crippen LogP contribution in [0, 0.1) is 22.7 Å². The molecule has 2 aromatic heterocycles. The van der Waals surface area contributed by atoms with Crippen molar-refractivity contribution in [2.24, 2.45) is 0 Å². The Bertz CT molecular complexity index is 1900. The first-order valence-electron chi connectivity index (χ1n) is 20.8. The number of nitrogens with zero attached hydrogens (tertiary/aromatic N) is 5. The van der Waals surface area contributed by atoms with Crippen molar-refractivity contribution in [2.75, 3.05) is 18.9 Å². The maximum Gasteiger partial charge on any atom is 0.472 e. The lowest BCUT2D eigenvalue weighted by Gasteiger charge is -2.29. The average Bonchev–Trinajstić information content (AvgIpc) is 3.86. The van der Waals surface area contributed by atoms with Gasteiger partial charge in [0.1, 0.15) is 42.8 Å². The van der Waals surface area contributed by atoms with Crippen LogP contribution in [0.15, 0.2) is 36.7 Å². The molecule has 0 amide bonds. The molecule has 2 saturated heterocycles. The van der Waals surface area contributed by atoms with Crippen LogP contribution in [0.1, 0.15) is 146 Å². The largest absolute Gasteiger partial charge is 0.472 e. The summed E-state index contributed by atoms with van der Waals surface area (Å²) in [6.45, 7) is 4.89. The Morgan fingerprint density at radius 3 is 2.24 bits per heavy atom. The smallest absolute Gasteiger partial charge is 0.382 e. The van der Waals surface area contributed by atoms with Gasteiger partial charge in [0.05, 0.1) is 36.6 Å². The summed E-state index contributed by atoms with van der Waals surface area (Å²) < 4.78 is 50.8. The second kappa shape index (κ2) is 21.9. The SMILES string of the molecule is CCCCCCCCCCCCCCCCC[C@H](COP(=O)(O)OC[C@@]1(C#N)O[C@@H](c2ccc3c(N)ncnn23)[C@@H]2OC(C)(C)O[C@@H]21)OCc1cc(Cl)cc(C#N)c1. The van der Waals surface area contributed by atoms with Crippen LogP contribution in [-0.4, -0.2) is 62.4 Å². The quantitative estimate of drug-likeness (QED) is 0.0573. The standard InChI is InChI=1S/C42H60ClN6O8P/c1-4-5-6-7-8-9-10-11-12-13-14-15-16-17-18-19-34(52-26-32-22-31(25-44)23-33(43)24-32)27-53-58(50,51)54-29-42(28-45)39-38(55-41(2,3)57-39)37(56-42)35-20-21-36-40(46)47-30-48-49(35)36/h20-24,30,34,37-39H,4-19,26-27,29H2,1-3H3,(H,50,51)(H2,46,47,48)/t34-,37+,38+,39+,42-/m1/s1. The molecule has 0 aliphatic carbocycles. The van der Waals surface area contributed by atoms with E-state index < -0.39 is 50.2 Å². The third-order valence-corrected chi connectivity index (χ3v) is 11.9. The van der Waals surface area contributed by atoms with Gasteiger partial charge in [0.15, 0.2) is 11.6 Å². The molecule has 0 radical (unpaired) electrons. The summed E-state index contributed by atoms with van der Waals surface area (Å²) in [6.07, 6.45) is 17.3. The van der Waals surface area contributed by atoms with Crippen LogP contribution >= 0.6 is 19.4 Å². The van der Waals surface area contributed by atoms with E-state index in [9.17, 15) is 20.0 Å². The van der Waals surface area contributed by atoms with Crippen molar-refractivity contribution in [3.63, 3.8) is 0 Å². The Balaban J connectivity index is 1.13. The lowest BCUT2D eigenvalue weighted by molar-refractivity contribution is -0.204. The fourth-order valence-corrected chi connectivity index (χ4v) is 8.79. The van der Waals surface area contributed by atoms with Crippen molar-refractivity contribution < 1.29 is 37.5 Å². The topological polar surface area (TPSA) is 196 Å². The molecule has 2 aliphatic rings. The lowest BCUT2D eigenvalue weighted by atomic mass is 9.96. The fourth-order valence-electron chi connectivity index (χ4n) is 7.75. The summed E-state index contributed by atoms with van der Waals surface area (Å²) >= 11 is 6.22. The number of phosphoric acid groups is 1. The normalized spacial score (nSPS) is 22.7. The van der Waals surface area contributed by atoms with Crippen LogP contribution in [0.3, 0.4) is 0 Å². The van der Waals surface area contributed by atoms with E-state index in [2.05, 4.69) is 29.1 Å². The summed E-state index contributed by atoms with van der Waals surface area (Å²) in [5.74, 6) is -0.830. The Morgan fingerprint density at radius 2 is 1.60 bits per heavy atom. The minimum absolute atomic E-state index is 0.118. The molecule has 1 aromatic carbocycles. The van der Waals surface area contributed by atoms with Gasteiger partial charge in [0.25, 0.3) is 0 Å². The van der Waals surface area contributed by atoms with E-state index in [1.54, 1.807) is 48.7 Å². The number of nitriles is 2. The highest BCUT2D eigenvalue weighted by Crippen LogP contribution is 2.52. The molecular formula is C42H60ClN6O8P. The highest BCUT2D eigenvalue weighted by Gasteiger charge is 2.65. The van der Waals surface area contributed by atoms with E-state index in [0.29, 0.717) is 33.8 Å². The second-order valence-corrected chi connectivity index (χ2v) is 17.8. The molecule has 16 heteroatoms. The summed E-state index contributed by atoms with van der Waals surface area (Å²) in [6, 6.07) is 12.7. The van der Waals surface area contributed by atoms with E-state index >= 15 is 0 Å². The van der Waals surface area contributed by atoms with Gasteiger partial charge in [0, 0.05) is 5.02 Å². The Kier molecular flexibility index (Phi) is 17.4. The first kappa shape index (κ1) is 45.9. The maximum atomic E-state index is 13.4. The van der Waals surface area contributed by atoms with Crippen LogP contribution < -0.4 is 5.73 Å². The number of ether oxygens (including phenoxy) is 4. The molecule has 58 heavy (non-hydrogen) atoms. The molecule has 1 unspecified atom stereocenters. The van der Waals surface area contributed by atoms with Crippen molar-refractivity contribution in [3.8, 4) is 12.1 Å². The van der Waals surface area contributed by atoms with Crippen molar-refractivity contribution >= 4 is 30.8 Å². The monoisotopic (exact) mass is 842 g/mol. The molecule has 2 fully saturated rings. The first-order chi connectivity index (χ1) is 27.9. The second-order valence-electron chi connectivity index (χ2n) is 15.9. The zero-order valence-electron chi connectivity index (χ0n) is 34.2. The number of fused-ring (bicyclic) bond motifs is 2. The Hall–Kier alpha value is -3.14. The third kappa shape index (κ3) is 12.9. The summed E-state index contributed by atoms with van der Waals surface area (Å²) in [4.78, 5) is 15.0. The van der Waals surface area contributed by atoms with Gasteiger partial charge >= 0.3 is 7.82 Å². The van der Waals surface area contributed by atoms with Crippen molar-refractivity contribution in [2.45, 2.75) is 166 Å². The van der Waals surface area contributed by atoms with Crippen molar-refractivity contribution in [1.82, 2.24) is 14.6 Å². The molecule has 0 bridgehead atoms. The summed E-state index contributed by atoms with van der Waals surface area (Å²) in [7, 11) is -4.75. The predicted octanol–water partition coefficient (Wildman–Crippen LogP) is 9.67. The lowest BCUT2D eigenvalue weighted by Crippen LogP contribution is -2.45. The van der Waals surface area contributed by atoms with E-state index in [-0.39, 0.29) is 19.0 Å². The number of hydrogen-bond donors (Lipinski definition) is 2. The molecule has 6 atom stereocenters. The van der Waals surface area contributed by atoms with Crippen LogP contribution in [0.25, 0.3) is 5.52 Å². The van der Waals surface area contributed by atoms with Crippen molar-refractivity contribution in [3.05, 3.63) is 58.5 Å². The molecule has 3 aromatic rings. The zero-order valence-corrected chi connectivity index (χ0v) is 35.8. The van der Waals surface area contributed by atoms with Gasteiger partial charge < -0.3 is 29.6 Å². The zero-order chi connectivity index (χ0) is 41.6. The van der Waals surface area contributed by atoms with Crippen LogP contribution in [0.5, 0.6) is 0 Å². The Labute approximate surface area is 347 Å². The molecule has 0 spiro atoms. The summed E-state index contributed by atoms with van der Waals surface area (Å²) in [5.41, 5.74) is 6.37. The van der Waals surface area contributed by atoms with Crippen LogP contribution in [0.2, 0.25) is 5.02 Å². The van der Waals surface area contributed by atoms with Crippen LogP contribution in [0.4, 0.5) is 5.82 Å². The van der Waals surface area contributed by atoms with E-state index in [4.69, 9.17) is 45.3 Å². The number of nitrogen functional groups attached to an aromatic ring is 1. The molecule has 3 N–H and O–H groups in total. The molecule has 5 rings (SSSR count). The molecule has 14 nitrogen and oxygen atoms in total. The van der Waals surface area contributed by atoms with Gasteiger partial charge in [-0.25, -0.2) is 14.1 Å². The summed E-state index contributed by atoms with van der Waals surface area (Å²) in [5, 5.41) is 24.6. The number of benzene rings is 1. The molecule has 2 aliphatic heterocycles. The number of hydrogen-bond acceptors (Lipinski definition) is 12. The van der Waals surface area contributed by atoms with Gasteiger partial charge in [-0.05, 0) is 56.2 Å². The number of rotatable bonds is 26. The maximum absolute atomic E-state index is 13.4. The molecular weight excluding hydrogens is 783 g/mol. The van der Waals surface area contributed by atoms with Gasteiger partial charge in [-0.15, -0.1) is 0 Å². The van der Waals surface area contributed by atoms with Crippen molar-refractivity contribution in [1.29, 1.82) is 10.5 Å². The highest BCUT2D eigenvalue weighted by atomic mass is 35.5. The third-order valence-electron chi connectivity index (χ3n) is 10.8. The number of unbranched alkanes of at least 4 members (excludes halogenated alkanes) is 14. The molecule has 4 heterocycles. The highest BCUT2D eigenvalue weighted by molar-refractivity contribution is 7.47. The first-order valence-corrected chi connectivity index (χ1v) is 22.7. The minimum Gasteiger partial charge on any atom is -0.382 e. The van der Waals surface area contributed by atoms with E-state index in [1.807, 2.05) is 0 Å². The van der Waals surface area contributed by atoms with E-state index in [1.165, 1.54) is 77.0 Å². The number of halogens is 1. The minimum atomic E-state index is -4.75. The van der Waals surface area contributed by atoms with Gasteiger partial charge in [0.2, 0.25) is 5.60 Å². The molecule has 318 valence electrons. The van der Waals surface area contributed by atoms with E-state index in [0.717, 1.165) is 25.7 Å². The number of nitrogens with two attached hydrogens (primary N) is 1.